The van der Waals surface area contributed by atoms with Crippen LogP contribution in [-0.4, -0.2) is 58.2 Å². The number of carbonyl (C=O) groups is 1. The quantitative estimate of drug-likeness (QED) is 0.406. The molecule has 0 saturated carbocycles. The van der Waals surface area contributed by atoms with Gasteiger partial charge in [0.05, 0.1) is 34.4 Å². The molecule has 2 aliphatic rings. The number of fused-ring (bicyclic) bond motifs is 1. The Hall–Kier alpha value is -1.55. The molecule has 5 nitrogen and oxygen atoms in total. The molecule has 0 bridgehead atoms. The SMILES string of the molecule is C[C@H]1C[C@@H](N(I)C(=O)CC2CN(C)C2)CN(c2ccc(C(C)(F)F)c3ncccc23)C1. The second-order valence-corrected chi connectivity index (χ2v) is 10.4. The highest BCUT2D eigenvalue weighted by Gasteiger charge is 2.35. The maximum Gasteiger partial charge on any atom is 0.272 e. The van der Waals surface area contributed by atoms with Gasteiger partial charge in [0.15, 0.2) is 0 Å². The predicted octanol–water partition coefficient (Wildman–Crippen LogP) is 4.69. The first kappa shape index (κ1) is 22.6. The van der Waals surface area contributed by atoms with Crippen LogP contribution >= 0.6 is 22.9 Å². The maximum absolute atomic E-state index is 14.1. The second kappa shape index (κ2) is 8.77. The molecule has 3 heterocycles. The highest BCUT2D eigenvalue weighted by molar-refractivity contribution is 14.1. The molecule has 2 aromatic rings. The van der Waals surface area contributed by atoms with E-state index in [2.05, 4.69) is 51.6 Å². The van der Waals surface area contributed by atoms with Gasteiger partial charge in [-0.05, 0) is 49.6 Å². The van der Waals surface area contributed by atoms with E-state index in [1.54, 1.807) is 18.3 Å². The van der Waals surface area contributed by atoms with Crippen LogP contribution in [0.1, 0.15) is 32.3 Å². The molecule has 4 rings (SSSR count). The molecule has 0 aliphatic carbocycles. The smallest absolute Gasteiger partial charge is 0.272 e. The third-order valence-corrected chi connectivity index (χ3v) is 7.69. The molecule has 8 heteroatoms. The van der Waals surface area contributed by atoms with Crippen LogP contribution in [0.15, 0.2) is 30.5 Å². The number of amides is 1. The fourth-order valence-electron chi connectivity index (χ4n) is 4.96. The fraction of sp³-hybridized carbons (Fsp3) is 0.565. The van der Waals surface area contributed by atoms with Crippen molar-refractivity contribution in [3.8, 4) is 0 Å². The lowest BCUT2D eigenvalue weighted by Crippen LogP contribution is -2.51. The van der Waals surface area contributed by atoms with Gasteiger partial charge in [-0.1, -0.05) is 6.92 Å². The number of pyridine rings is 1. The number of anilines is 1. The van der Waals surface area contributed by atoms with Crippen molar-refractivity contribution in [3.63, 3.8) is 0 Å². The Labute approximate surface area is 196 Å². The summed E-state index contributed by atoms with van der Waals surface area (Å²) in [6.45, 7) is 6.58. The van der Waals surface area contributed by atoms with Crippen molar-refractivity contribution in [1.29, 1.82) is 0 Å². The van der Waals surface area contributed by atoms with Gasteiger partial charge in [-0.15, -0.1) is 0 Å². The van der Waals surface area contributed by atoms with Crippen LogP contribution in [0.4, 0.5) is 14.5 Å². The van der Waals surface area contributed by atoms with Crippen LogP contribution in [-0.2, 0) is 10.7 Å². The molecule has 2 atom stereocenters. The number of likely N-dealkylation sites (tertiary alicyclic amines) is 1. The van der Waals surface area contributed by atoms with Crippen molar-refractivity contribution in [1.82, 2.24) is 13.0 Å². The van der Waals surface area contributed by atoms with Crippen LogP contribution < -0.4 is 4.90 Å². The minimum absolute atomic E-state index is 0.0513. The number of rotatable bonds is 5. The first-order valence-electron chi connectivity index (χ1n) is 10.8. The zero-order chi connectivity index (χ0) is 22.3. The van der Waals surface area contributed by atoms with Crippen molar-refractivity contribution in [3.05, 3.63) is 36.0 Å². The van der Waals surface area contributed by atoms with Crippen LogP contribution in [0.25, 0.3) is 10.9 Å². The summed E-state index contributed by atoms with van der Waals surface area (Å²) in [6, 6.07) is 7.03. The Morgan fingerprint density at radius 3 is 2.68 bits per heavy atom. The summed E-state index contributed by atoms with van der Waals surface area (Å²) in [4.78, 5) is 21.6. The summed E-state index contributed by atoms with van der Waals surface area (Å²) in [5.41, 5.74) is 1.20. The number of hydrogen-bond donors (Lipinski definition) is 0. The summed E-state index contributed by atoms with van der Waals surface area (Å²) >= 11 is 2.17. The Balaban J connectivity index is 1.57. The lowest BCUT2D eigenvalue weighted by molar-refractivity contribution is -0.128. The van der Waals surface area contributed by atoms with E-state index in [-0.39, 0.29) is 17.5 Å². The molecule has 168 valence electrons. The van der Waals surface area contributed by atoms with E-state index in [1.807, 2.05) is 9.18 Å². The molecule has 0 unspecified atom stereocenters. The molecule has 0 spiro atoms. The highest BCUT2D eigenvalue weighted by Crippen LogP contribution is 2.38. The average molecular weight is 542 g/mol. The van der Waals surface area contributed by atoms with E-state index in [0.29, 0.717) is 30.3 Å². The molecule has 0 N–H and O–H groups in total. The number of halogens is 3. The molecule has 1 aromatic heterocycles. The zero-order valence-electron chi connectivity index (χ0n) is 18.2. The minimum Gasteiger partial charge on any atom is -0.369 e. The molecule has 31 heavy (non-hydrogen) atoms. The van der Waals surface area contributed by atoms with Gasteiger partial charge in [-0.3, -0.25) is 12.9 Å². The number of benzene rings is 1. The van der Waals surface area contributed by atoms with Gasteiger partial charge >= 0.3 is 0 Å². The lowest BCUT2D eigenvalue weighted by Gasteiger charge is -2.42. The van der Waals surface area contributed by atoms with Crippen molar-refractivity contribution in [2.75, 3.05) is 38.1 Å². The first-order valence-corrected chi connectivity index (χ1v) is 11.8. The van der Waals surface area contributed by atoms with E-state index in [4.69, 9.17) is 0 Å². The van der Waals surface area contributed by atoms with Gasteiger partial charge in [0.1, 0.15) is 0 Å². The predicted molar refractivity (Wildman–Crippen MR) is 128 cm³/mol. The fourth-order valence-corrected chi connectivity index (χ4v) is 5.56. The molecular weight excluding hydrogens is 513 g/mol. The number of hydrogen-bond acceptors (Lipinski definition) is 4. The zero-order valence-corrected chi connectivity index (χ0v) is 20.3. The molecule has 2 saturated heterocycles. The molecule has 0 radical (unpaired) electrons. The van der Waals surface area contributed by atoms with Crippen LogP contribution in [0.5, 0.6) is 0 Å². The van der Waals surface area contributed by atoms with Crippen molar-refractivity contribution < 1.29 is 13.6 Å². The molecule has 1 amide bonds. The molecule has 2 fully saturated rings. The topological polar surface area (TPSA) is 39.7 Å². The molecule has 2 aliphatic heterocycles. The minimum atomic E-state index is -2.95. The Kier molecular flexibility index (Phi) is 6.40. The summed E-state index contributed by atoms with van der Waals surface area (Å²) < 4.78 is 30.2. The number of aromatic nitrogens is 1. The number of nitrogens with zero attached hydrogens (tertiary/aromatic N) is 4. The lowest BCUT2D eigenvalue weighted by atomic mass is 9.93. The van der Waals surface area contributed by atoms with Gasteiger partial charge < -0.3 is 9.80 Å². The van der Waals surface area contributed by atoms with E-state index in [1.165, 1.54) is 6.07 Å². The highest BCUT2D eigenvalue weighted by atomic mass is 127. The van der Waals surface area contributed by atoms with Gasteiger partial charge in [0.2, 0.25) is 5.91 Å². The van der Waals surface area contributed by atoms with E-state index in [9.17, 15) is 13.6 Å². The number of piperidine rings is 1. The summed E-state index contributed by atoms with van der Waals surface area (Å²) in [7, 11) is 2.07. The second-order valence-electron chi connectivity index (χ2n) is 9.32. The Bertz CT molecular complexity index is 960. The van der Waals surface area contributed by atoms with Crippen LogP contribution in [0.3, 0.4) is 0 Å². The largest absolute Gasteiger partial charge is 0.369 e. The Morgan fingerprint density at radius 2 is 2.00 bits per heavy atom. The van der Waals surface area contributed by atoms with E-state index >= 15 is 0 Å². The van der Waals surface area contributed by atoms with E-state index in [0.717, 1.165) is 44.1 Å². The summed E-state index contributed by atoms with van der Waals surface area (Å²) in [5.74, 6) is -1.93. The van der Waals surface area contributed by atoms with Crippen LogP contribution in [0.2, 0.25) is 0 Å². The van der Waals surface area contributed by atoms with Crippen molar-refractivity contribution in [2.45, 2.75) is 38.7 Å². The standard InChI is InChI=1S/C23H29F2IN4O/c1-15-9-17(30(26)21(31)10-16-12-28(3)13-16)14-29(11-15)20-7-6-19(23(2,24)25)22-18(20)5-4-8-27-22/h4-8,15-17H,9-14H2,1-3H3/t15-,17+/m0/s1. The number of alkyl halides is 2. The third-order valence-electron chi connectivity index (χ3n) is 6.36. The average Bonchev–Trinajstić information content (AvgIpc) is 2.70. The van der Waals surface area contributed by atoms with Crippen molar-refractivity contribution in [2.24, 2.45) is 11.8 Å². The number of carbonyl (C=O) groups excluding carboxylic acids is 1. The maximum atomic E-state index is 14.1. The van der Waals surface area contributed by atoms with Gasteiger partial charge in [-0.25, -0.2) is 8.78 Å². The van der Waals surface area contributed by atoms with E-state index < -0.39 is 5.92 Å². The van der Waals surface area contributed by atoms with Crippen molar-refractivity contribution >= 4 is 45.4 Å². The van der Waals surface area contributed by atoms with Gasteiger partial charge in [0.25, 0.3) is 5.92 Å². The Morgan fingerprint density at radius 1 is 1.26 bits per heavy atom. The van der Waals surface area contributed by atoms with Gasteiger partial charge in [-0.2, -0.15) is 0 Å². The normalized spacial score (nSPS) is 23.1. The molecule has 1 aromatic carbocycles. The monoisotopic (exact) mass is 542 g/mol. The van der Waals surface area contributed by atoms with Gasteiger partial charge in [0, 0.05) is 62.4 Å². The first-order chi connectivity index (χ1) is 14.6. The summed E-state index contributed by atoms with van der Waals surface area (Å²) in [6.07, 6.45) is 3.09. The summed E-state index contributed by atoms with van der Waals surface area (Å²) in [5, 5.41) is 0.734. The van der Waals surface area contributed by atoms with Crippen LogP contribution in [0, 0.1) is 11.8 Å². The molecular formula is C23H29F2IN4O. The third kappa shape index (κ3) is 4.79.